The molecule has 3 aromatic rings. The van der Waals surface area contributed by atoms with E-state index in [1.807, 2.05) is 6.92 Å². The maximum Gasteiger partial charge on any atom is 0.337 e. The topological polar surface area (TPSA) is 111 Å². The number of esters is 1. The van der Waals surface area contributed by atoms with Crippen molar-refractivity contribution in [3.63, 3.8) is 0 Å². The molecule has 0 aliphatic rings. The van der Waals surface area contributed by atoms with E-state index in [1.54, 1.807) is 37.3 Å². The number of amides is 1. The average Bonchev–Trinajstić information content (AvgIpc) is 2.87. The van der Waals surface area contributed by atoms with E-state index in [9.17, 15) is 18.0 Å². The maximum atomic E-state index is 13.7. The van der Waals surface area contributed by atoms with E-state index in [4.69, 9.17) is 14.2 Å². The highest BCUT2D eigenvalue weighted by atomic mass is 32.2. The fraction of sp³-hybridized carbons (Fsp3) is 0.231. The number of hydrogen-bond donors (Lipinski definition) is 1. The molecule has 10 heteroatoms. The van der Waals surface area contributed by atoms with E-state index >= 15 is 0 Å². The summed E-state index contributed by atoms with van der Waals surface area (Å²) in [4.78, 5) is 25.1. The summed E-state index contributed by atoms with van der Waals surface area (Å²) in [6, 6.07) is 15.7. The Morgan fingerprint density at radius 2 is 1.58 bits per heavy atom. The zero-order chi connectivity index (χ0) is 26.5. The van der Waals surface area contributed by atoms with Crippen LogP contribution in [0, 0.1) is 13.8 Å². The van der Waals surface area contributed by atoms with Crippen LogP contribution >= 0.6 is 0 Å². The fourth-order valence-corrected chi connectivity index (χ4v) is 4.88. The number of ether oxygens (including phenoxy) is 3. The molecule has 0 fully saturated rings. The maximum absolute atomic E-state index is 13.7. The van der Waals surface area contributed by atoms with Crippen molar-refractivity contribution in [3.05, 3.63) is 77.4 Å². The molecular formula is C26H28N2O7S. The van der Waals surface area contributed by atoms with Gasteiger partial charge >= 0.3 is 5.97 Å². The van der Waals surface area contributed by atoms with E-state index in [2.05, 4.69) is 5.32 Å². The third kappa shape index (κ3) is 5.77. The summed E-state index contributed by atoms with van der Waals surface area (Å²) in [6.45, 7) is 3.05. The van der Waals surface area contributed by atoms with Gasteiger partial charge < -0.3 is 19.5 Å². The Hall–Kier alpha value is -4.05. The highest BCUT2D eigenvalue weighted by Crippen LogP contribution is 2.35. The lowest BCUT2D eigenvalue weighted by atomic mass is 10.1. The molecule has 0 spiro atoms. The third-order valence-corrected chi connectivity index (χ3v) is 7.26. The predicted octanol–water partition coefficient (Wildman–Crippen LogP) is 3.94. The van der Waals surface area contributed by atoms with E-state index in [0.29, 0.717) is 17.0 Å². The van der Waals surface area contributed by atoms with E-state index in [-0.39, 0.29) is 21.9 Å². The second-order valence-corrected chi connectivity index (χ2v) is 9.79. The highest BCUT2D eigenvalue weighted by molar-refractivity contribution is 7.92. The predicted molar refractivity (Wildman–Crippen MR) is 136 cm³/mol. The minimum absolute atomic E-state index is 0.0163. The van der Waals surface area contributed by atoms with Gasteiger partial charge in [-0.3, -0.25) is 9.10 Å². The molecule has 0 atom stereocenters. The summed E-state index contributed by atoms with van der Waals surface area (Å²) < 4.78 is 43.8. The third-order valence-electron chi connectivity index (χ3n) is 5.48. The molecule has 0 saturated carbocycles. The largest absolute Gasteiger partial charge is 0.497 e. The van der Waals surface area contributed by atoms with E-state index in [1.165, 1.54) is 51.7 Å². The highest BCUT2D eigenvalue weighted by Gasteiger charge is 2.30. The SMILES string of the molecule is COC(=O)c1ccc(C)c(NC(=O)CN(c2ccc(OC)cc2OC)S(=O)(=O)c2ccc(C)cc2)c1. The van der Waals surface area contributed by atoms with Crippen molar-refractivity contribution < 1.29 is 32.2 Å². The lowest BCUT2D eigenvalue weighted by Crippen LogP contribution is -2.38. The second-order valence-electron chi connectivity index (χ2n) is 7.93. The van der Waals surface area contributed by atoms with Gasteiger partial charge in [0, 0.05) is 11.8 Å². The molecule has 0 heterocycles. The van der Waals surface area contributed by atoms with Crippen LogP contribution in [-0.2, 0) is 19.6 Å². The number of rotatable bonds is 9. The van der Waals surface area contributed by atoms with Crippen molar-refractivity contribution >= 4 is 33.3 Å². The lowest BCUT2D eigenvalue weighted by molar-refractivity contribution is -0.114. The summed E-state index contributed by atoms with van der Waals surface area (Å²) in [7, 11) is -0.0290. The molecule has 0 bridgehead atoms. The number of nitrogens with one attached hydrogen (secondary N) is 1. The molecule has 1 amide bonds. The number of carbonyl (C=O) groups is 2. The molecule has 9 nitrogen and oxygen atoms in total. The number of carbonyl (C=O) groups excluding carboxylic acids is 2. The van der Waals surface area contributed by atoms with Crippen molar-refractivity contribution in [1.29, 1.82) is 0 Å². The van der Waals surface area contributed by atoms with Crippen molar-refractivity contribution in [2.24, 2.45) is 0 Å². The summed E-state index contributed by atoms with van der Waals surface area (Å²) in [5.74, 6) is -0.504. The summed E-state index contributed by atoms with van der Waals surface area (Å²) in [6.07, 6.45) is 0. The molecule has 0 radical (unpaired) electrons. The van der Waals surface area contributed by atoms with E-state index < -0.39 is 28.4 Å². The van der Waals surface area contributed by atoms with Crippen LogP contribution < -0.4 is 19.1 Å². The standard InChI is InChI=1S/C26H28N2O7S/c1-17-6-11-21(12-7-17)36(31,32)28(23-13-10-20(33-3)15-24(23)34-4)16-25(29)27-22-14-19(26(30)35-5)9-8-18(22)2/h6-15H,16H2,1-5H3,(H,27,29). The molecule has 0 aromatic heterocycles. The Kier molecular flexibility index (Phi) is 8.21. The van der Waals surface area contributed by atoms with Crippen molar-refractivity contribution in [2.45, 2.75) is 18.7 Å². The van der Waals surface area contributed by atoms with Crippen molar-refractivity contribution in [1.82, 2.24) is 0 Å². The Morgan fingerprint density at radius 3 is 2.19 bits per heavy atom. The number of aryl methyl sites for hydroxylation is 2. The van der Waals surface area contributed by atoms with Gasteiger partial charge in [-0.15, -0.1) is 0 Å². The Labute approximate surface area is 210 Å². The number of hydrogen-bond acceptors (Lipinski definition) is 7. The van der Waals surface area contributed by atoms with Crippen LogP contribution in [0.3, 0.4) is 0 Å². The van der Waals surface area contributed by atoms with Crippen LogP contribution in [0.5, 0.6) is 11.5 Å². The van der Waals surface area contributed by atoms with Crippen LogP contribution in [0.4, 0.5) is 11.4 Å². The number of benzene rings is 3. The number of methoxy groups -OCH3 is 3. The Balaban J connectivity index is 2.03. The molecular weight excluding hydrogens is 484 g/mol. The first-order chi connectivity index (χ1) is 17.1. The quantitative estimate of drug-likeness (QED) is 0.432. The average molecular weight is 513 g/mol. The van der Waals surface area contributed by atoms with Gasteiger partial charge in [0.1, 0.15) is 18.0 Å². The van der Waals surface area contributed by atoms with Crippen molar-refractivity contribution in [3.8, 4) is 11.5 Å². The number of sulfonamides is 1. The first-order valence-electron chi connectivity index (χ1n) is 10.9. The monoisotopic (exact) mass is 512 g/mol. The molecule has 3 aromatic carbocycles. The van der Waals surface area contributed by atoms with Gasteiger partial charge in [0.2, 0.25) is 5.91 Å². The van der Waals surface area contributed by atoms with Gasteiger partial charge in [-0.05, 0) is 55.8 Å². The van der Waals surface area contributed by atoms with E-state index in [0.717, 1.165) is 9.87 Å². The van der Waals surface area contributed by atoms with Crippen LogP contribution in [0.25, 0.3) is 0 Å². The molecule has 0 aliphatic heterocycles. The van der Waals surface area contributed by atoms with Gasteiger partial charge in [-0.25, -0.2) is 13.2 Å². The Bertz CT molecular complexity index is 1370. The van der Waals surface area contributed by atoms with Gasteiger partial charge in [0.25, 0.3) is 10.0 Å². The first kappa shape index (κ1) is 26.6. The van der Waals surface area contributed by atoms with Gasteiger partial charge in [0.05, 0.1) is 37.5 Å². The minimum atomic E-state index is -4.17. The van der Waals surface area contributed by atoms with Gasteiger partial charge in [-0.2, -0.15) is 0 Å². The first-order valence-corrected chi connectivity index (χ1v) is 12.3. The number of nitrogens with zero attached hydrogens (tertiary/aromatic N) is 1. The fourth-order valence-electron chi connectivity index (χ4n) is 3.45. The van der Waals surface area contributed by atoms with Gasteiger partial charge in [0.15, 0.2) is 0 Å². The molecule has 190 valence electrons. The zero-order valence-electron chi connectivity index (χ0n) is 20.7. The molecule has 3 rings (SSSR count). The van der Waals surface area contributed by atoms with Crippen molar-refractivity contribution in [2.75, 3.05) is 37.5 Å². The zero-order valence-corrected chi connectivity index (χ0v) is 21.5. The molecule has 1 N–H and O–H groups in total. The molecule has 0 unspecified atom stereocenters. The summed E-state index contributed by atoms with van der Waals surface area (Å²) in [5.41, 5.74) is 2.35. The molecule has 36 heavy (non-hydrogen) atoms. The molecule has 0 aliphatic carbocycles. The summed E-state index contributed by atoms with van der Waals surface area (Å²) >= 11 is 0. The second kappa shape index (κ2) is 11.1. The summed E-state index contributed by atoms with van der Waals surface area (Å²) in [5, 5.41) is 2.70. The number of anilines is 2. The smallest absolute Gasteiger partial charge is 0.337 e. The van der Waals surface area contributed by atoms with Crippen LogP contribution in [0.2, 0.25) is 0 Å². The molecule has 0 saturated heterocycles. The van der Waals surface area contributed by atoms with Gasteiger partial charge in [-0.1, -0.05) is 23.8 Å². The Morgan fingerprint density at radius 1 is 0.889 bits per heavy atom. The van der Waals surface area contributed by atoms with Crippen LogP contribution in [-0.4, -0.2) is 48.2 Å². The normalized spacial score (nSPS) is 10.9. The van der Waals surface area contributed by atoms with Crippen LogP contribution in [0.1, 0.15) is 21.5 Å². The minimum Gasteiger partial charge on any atom is -0.497 e. The van der Waals surface area contributed by atoms with Crippen LogP contribution in [0.15, 0.2) is 65.6 Å². The lowest BCUT2D eigenvalue weighted by Gasteiger charge is -2.26.